The van der Waals surface area contributed by atoms with Crippen LogP contribution in [0.2, 0.25) is 0 Å². The molecule has 18 heavy (non-hydrogen) atoms. The molecule has 0 fully saturated rings. The Morgan fingerprint density at radius 1 is 1.17 bits per heavy atom. The number of para-hydroxylation sites is 1. The van der Waals surface area contributed by atoms with Gasteiger partial charge < -0.3 is 0 Å². The second-order valence-electron chi connectivity index (χ2n) is 3.77. The molecule has 0 aliphatic carbocycles. The number of carbonyl (C=O) groups excluding carboxylic acids is 1. The molecular weight excluding hydrogens is 242 g/mol. The van der Waals surface area contributed by atoms with E-state index in [4.69, 9.17) is 0 Å². The van der Waals surface area contributed by atoms with Crippen LogP contribution in [0, 0.1) is 0 Å². The third kappa shape index (κ3) is 3.10. The Hall–Kier alpha value is -1.83. The van der Waals surface area contributed by atoms with E-state index >= 15 is 0 Å². The first-order valence-electron chi connectivity index (χ1n) is 5.77. The molecular formula is C15H13NOS. The highest BCUT2D eigenvalue weighted by molar-refractivity contribution is 7.99. The molecule has 0 amide bonds. The fraction of sp³-hybridized carbons (Fsp3) is 0.133. The largest absolute Gasteiger partial charge is 0.240 e. The van der Waals surface area contributed by atoms with Crippen LogP contribution >= 0.6 is 11.8 Å². The minimum atomic E-state index is 0.666. The quantitative estimate of drug-likeness (QED) is 0.599. The number of aryl methyl sites for hydroxylation is 1. The number of benzene rings is 2. The van der Waals surface area contributed by atoms with Gasteiger partial charge in [0.05, 0.1) is 5.69 Å². The lowest BCUT2D eigenvalue weighted by Gasteiger charge is -2.05. The minimum absolute atomic E-state index is 0.666. The molecule has 2 aromatic carbocycles. The molecule has 90 valence electrons. The molecule has 2 aromatic rings. The van der Waals surface area contributed by atoms with Gasteiger partial charge in [0.25, 0.3) is 0 Å². The lowest BCUT2D eigenvalue weighted by Crippen LogP contribution is -1.80. The maximum absolute atomic E-state index is 10.4. The summed E-state index contributed by atoms with van der Waals surface area (Å²) in [6, 6.07) is 16.0. The highest BCUT2D eigenvalue weighted by Gasteiger charge is 2.03. The van der Waals surface area contributed by atoms with Gasteiger partial charge in [0.1, 0.15) is 0 Å². The van der Waals surface area contributed by atoms with Gasteiger partial charge in [-0.15, -0.1) is 0 Å². The summed E-state index contributed by atoms with van der Waals surface area (Å²) in [4.78, 5) is 16.2. The van der Waals surface area contributed by atoms with E-state index in [2.05, 4.69) is 30.1 Å². The van der Waals surface area contributed by atoms with Gasteiger partial charge in [-0.3, -0.25) is 0 Å². The van der Waals surface area contributed by atoms with Crippen LogP contribution in [0.15, 0.2) is 63.3 Å². The second kappa shape index (κ2) is 6.20. The molecule has 0 bridgehead atoms. The summed E-state index contributed by atoms with van der Waals surface area (Å²) >= 11 is 1.61. The predicted molar refractivity (Wildman–Crippen MR) is 74.2 cm³/mol. The van der Waals surface area contributed by atoms with Crippen LogP contribution in [0.4, 0.5) is 5.69 Å². The third-order valence-corrected chi connectivity index (χ3v) is 3.62. The number of hydrogen-bond donors (Lipinski definition) is 0. The number of hydrogen-bond acceptors (Lipinski definition) is 3. The second-order valence-corrected chi connectivity index (χ2v) is 4.89. The number of isocyanates is 1. The van der Waals surface area contributed by atoms with Crippen LogP contribution in [-0.2, 0) is 11.2 Å². The van der Waals surface area contributed by atoms with Crippen molar-refractivity contribution in [2.45, 2.75) is 23.1 Å². The molecule has 0 heterocycles. The maximum atomic E-state index is 10.4. The van der Waals surface area contributed by atoms with Crippen LogP contribution in [-0.4, -0.2) is 6.08 Å². The van der Waals surface area contributed by atoms with Crippen molar-refractivity contribution < 1.29 is 4.79 Å². The van der Waals surface area contributed by atoms with Gasteiger partial charge in [-0.25, -0.2) is 4.79 Å². The van der Waals surface area contributed by atoms with E-state index in [1.54, 1.807) is 17.8 Å². The van der Waals surface area contributed by atoms with Crippen molar-refractivity contribution in [3.8, 4) is 0 Å². The molecule has 2 nitrogen and oxygen atoms in total. The monoisotopic (exact) mass is 255 g/mol. The molecule has 0 saturated carbocycles. The topological polar surface area (TPSA) is 29.4 Å². The smallest absolute Gasteiger partial charge is 0.211 e. The molecule has 0 radical (unpaired) electrons. The van der Waals surface area contributed by atoms with Gasteiger partial charge in [0, 0.05) is 9.79 Å². The Kier molecular flexibility index (Phi) is 4.35. The summed E-state index contributed by atoms with van der Waals surface area (Å²) < 4.78 is 0. The normalized spacial score (nSPS) is 9.83. The van der Waals surface area contributed by atoms with Gasteiger partial charge in [0.15, 0.2) is 0 Å². The van der Waals surface area contributed by atoms with E-state index in [0.717, 1.165) is 16.2 Å². The summed E-state index contributed by atoms with van der Waals surface area (Å²) in [5.74, 6) is 0. The van der Waals surface area contributed by atoms with Crippen molar-refractivity contribution in [1.29, 1.82) is 0 Å². The summed E-state index contributed by atoms with van der Waals surface area (Å²) in [6.45, 7) is 2.13. The van der Waals surface area contributed by atoms with Crippen molar-refractivity contribution in [3.63, 3.8) is 0 Å². The van der Waals surface area contributed by atoms with Crippen LogP contribution in [0.25, 0.3) is 0 Å². The van der Waals surface area contributed by atoms with E-state index in [1.807, 2.05) is 30.3 Å². The molecule has 0 saturated heterocycles. The van der Waals surface area contributed by atoms with E-state index in [-0.39, 0.29) is 0 Å². The highest BCUT2D eigenvalue weighted by atomic mass is 32.2. The first kappa shape index (κ1) is 12.6. The SMILES string of the molecule is CCc1cccc(Sc2ccccc2N=C=O)c1. The Bertz CT molecular complexity index is 589. The van der Waals surface area contributed by atoms with Gasteiger partial charge >= 0.3 is 0 Å². The number of rotatable bonds is 4. The summed E-state index contributed by atoms with van der Waals surface area (Å²) in [6.07, 6.45) is 2.61. The van der Waals surface area contributed by atoms with E-state index < -0.39 is 0 Å². The molecule has 0 aliphatic heterocycles. The van der Waals surface area contributed by atoms with Crippen molar-refractivity contribution in [2.75, 3.05) is 0 Å². The zero-order valence-electron chi connectivity index (χ0n) is 10.1. The summed E-state index contributed by atoms with van der Waals surface area (Å²) in [5.41, 5.74) is 1.97. The van der Waals surface area contributed by atoms with Gasteiger partial charge in [-0.05, 0) is 36.2 Å². The molecule has 0 N–H and O–H groups in total. The van der Waals surface area contributed by atoms with Gasteiger partial charge in [-0.2, -0.15) is 4.99 Å². The number of nitrogens with zero attached hydrogens (tertiary/aromatic N) is 1. The zero-order chi connectivity index (χ0) is 12.8. The number of aliphatic imine (C=N–C) groups is 1. The average molecular weight is 255 g/mol. The molecule has 0 aromatic heterocycles. The molecule has 3 heteroatoms. The van der Waals surface area contributed by atoms with Crippen LogP contribution in [0.5, 0.6) is 0 Å². The van der Waals surface area contributed by atoms with E-state index in [1.165, 1.54) is 5.56 Å². The highest BCUT2D eigenvalue weighted by Crippen LogP contribution is 2.34. The minimum Gasteiger partial charge on any atom is -0.211 e. The van der Waals surface area contributed by atoms with Crippen LogP contribution in [0.3, 0.4) is 0 Å². The van der Waals surface area contributed by atoms with Gasteiger partial charge in [-0.1, -0.05) is 43.0 Å². The molecule has 0 atom stereocenters. The molecule has 0 unspecified atom stereocenters. The van der Waals surface area contributed by atoms with Crippen molar-refractivity contribution in [3.05, 3.63) is 54.1 Å². The molecule has 2 rings (SSSR count). The standard InChI is InChI=1S/C15H13NOS/c1-2-12-6-5-7-13(10-12)18-15-9-4-3-8-14(15)16-11-17/h3-10H,2H2,1H3. The van der Waals surface area contributed by atoms with Gasteiger partial charge in [0.2, 0.25) is 6.08 Å². The first-order chi connectivity index (χ1) is 8.83. The van der Waals surface area contributed by atoms with Crippen molar-refractivity contribution in [1.82, 2.24) is 0 Å². The predicted octanol–water partition coefficient (Wildman–Crippen LogP) is 4.37. The third-order valence-electron chi connectivity index (χ3n) is 2.57. The Morgan fingerprint density at radius 2 is 2.00 bits per heavy atom. The Labute approximate surface area is 111 Å². The van der Waals surface area contributed by atoms with Crippen molar-refractivity contribution in [2.24, 2.45) is 4.99 Å². The van der Waals surface area contributed by atoms with Crippen LogP contribution in [0.1, 0.15) is 12.5 Å². The summed E-state index contributed by atoms with van der Waals surface area (Å²) in [5, 5.41) is 0. The zero-order valence-corrected chi connectivity index (χ0v) is 10.9. The van der Waals surface area contributed by atoms with E-state index in [0.29, 0.717) is 5.69 Å². The Morgan fingerprint density at radius 3 is 2.78 bits per heavy atom. The lowest BCUT2D eigenvalue weighted by atomic mass is 10.2. The molecule has 0 aliphatic rings. The van der Waals surface area contributed by atoms with Crippen molar-refractivity contribution >= 4 is 23.5 Å². The summed E-state index contributed by atoms with van der Waals surface area (Å²) in [7, 11) is 0. The Balaban J connectivity index is 2.30. The average Bonchev–Trinajstić information content (AvgIpc) is 2.41. The maximum Gasteiger partial charge on any atom is 0.240 e. The lowest BCUT2D eigenvalue weighted by molar-refractivity contribution is 0.565. The fourth-order valence-electron chi connectivity index (χ4n) is 1.64. The molecule has 0 spiro atoms. The van der Waals surface area contributed by atoms with E-state index in [9.17, 15) is 4.79 Å². The first-order valence-corrected chi connectivity index (χ1v) is 6.59. The van der Waals surface area contributed by atoms with Crippen LogP contribution < -0.4 is 0 Å². The fourth-order valence-corrected chi connectivity index (χ4v) is 2.62.